The number of hydrogen-bond donors (Lipinski definition) is 0. The van der Waals surface area contributed by atoms with Crippen LogP contribution in [0.3, 0.4) is 0 Å². The summed E-state index contributed by atoms with van der Waals surface area (Å²) in [5, 5.41) is 0. The summed E-state index contributed by atoms with van der Waals surface area (Å²) in [6, 6.07) is 3.79. The first-order valence-corrected chi connectivity index (χ1v) is 6.14. The third-order valence-electron chi connectivity index (χ3n) is 1.84. The smallest absolute Gasteiger partial charge is 0.233 e. The largest absolute Gasteiger partial charge is 0.436 e. The SMILES string of the molecule is Cc1cnc(Oc2cncc(Br)c2)c(Br)c1. The molecule has 0 aromatic carbocycles. The molecule has 0 amide bonds. The molecule has 16 heavy (non-hydrogen) atoms. The van der Waals surface area contributed by atoms with Crippen molar-refractivity contribution < 1.29 is 4.74 Å². The van der Waals surface area contributed by atoms with Crippen LogP contribution in [0.4, 0.5) is 0 Å². The molecule has 82 valence electrons. The predicted octanol–water partition coefficient (Wildman–Crippen LogP) is 4.10. The normalized spacial score (nSPS) is 10.2. The number of aryl methyl sites for hydroxylation is 1. The van der Waals surface area contributed by atoms with E-state index in [9.17, 15) is 0 Å². The van der Waals surface area contributed by atoms with Crippen molar-refractivity contribution in [1.82, 2.24) is 9.97 Å². The van der Waals surface area contributed by atoms with E-state index < -0.39 is 0 Å². The van der Waals surface area contributed by atoms with Crippen molar-refractivity contribution in [3.63, 3.8) is 0 Å². The molecule has 0 fully saturated rings. The van der Waals surface area contributed by atoms with Crippen LogP contribution in [0.5, 0.6) is 11.6 Å². The maximum Gasteiger partial charge on any atom is 0.233 e. The monoisotopic (exact) mass is 342 g/mol. The van der Waals surface area contributed by atoms with E-state index in [1.807, 2.05) is 19.1 Å². The van der Waals surface area contributed by atoms with Gasteiger partial charge < -0.3 is 4.74 Å². The first kappa shape index (κ1) is 11.5. The van der Waals surface area contributed by atoms with Gasteiger partial charge in [0.15, 0.2) is 0 Å². The quantitative estimate of drug-likeness (QED) is 0.823. The lowest BCUT2D eigenvalue weighted by molar-refractivity contribution is 0.457. The molecule has 0 atom stereocenters. The Morgan fingerprint density at radius 2 is 1.94 bits per heavy atom. The fourth-order valence-electron chi connectivity index (χ4n) is 1.16. The number of nitrogens with zero attached hydrogens (tertiary/aromatic N) is 2. The molecule has 2 aromatic heterocycles. The van der Waals surface area contributed by atoms with Crippen molar-refractivity contribution in [2.75, 3.05) is 0 Å². The van der Waals surface area contributed by atoms with Gasteiger partial charge in [-0.2, -0.15) is 0 Å². The van der Waals surface area contributed by atoms with E-state index in [2.05, 4.69) is 41.8 Å². The molecule has 0 bridgehead atoms. The van der Waals surface area contributed by atoms with Crippen LogP contribution in [0, 0.1) is 6.92 Å². The molecule has 0 aliphatic heterocycles. The molecule has 2 aromatic rings. The van der Waals surface area contributed by atoms with Crippen LogP contribution in [0.2, 0.25) is 0 Å². The van der Waals surface area contributed by atoms with Gasteiger partial charge >= 0.3 is 0 Å². The average Bonchev–Trinajstić information content (AvgIpc) is 2.22. The summed E-state index contributed by atoms with van der Waals surface area (Å²) in [5.41, 5.74) is 1.08. The number of ether oxygens (including phenoxy) is 1. The third kappa shape index (κ3) is 2.80. The third-order valence-corrected chi connectivity index (χ3v) is 2.84. The molecular weight excluding hydrogens is 336 g/mol. The van der Waals surface area contributed by atoms with Crippen molar-refractivity contribution in [1.29, 1.82) is 0 Å². The van der Waals surface area contributed by atoms with Crippen molar-refractivity contribution in [2.45, 2.75) is 6.92 Å². The summed E-state index contributed by atoms with van der Waals surface area (Å²) in [6.45, 7) is 1.97. The van der Waals surface area contributed by atoms with Crippen molar-refractivity contribution in [3.8, 4) is 11.6 Å². The van der Waals surface area contributed by atoms with Crippen LogP contribution in [-0.2, 0) is 0 Å². The van der Waals surface area contributed by atoms with E-state index in [0.29, 0.717) is 11.6 Å². The second-order valence-electron chi connectivity index (χ2n) is 3.24. The summed E-state index contributed by atoms with van der Waals surface area (Å²) in [4.78, 5) is 8.20. The minimum atomic E-state index is 0.533. The highest BCUT2D eigenvalue weighted by Crippen LogP contribution is 2.28. The second-order valence-corrected chi connectivity index (χ2v) is 5.01. The number of halogens is 2. The lowest BCUT2D eigenvalue weighted by Gasteiger charge is -2.06. The zero-order valence-corrected chi connectivity index (χ0v) is 11.6. The van der Waals surface area contributed by atoms with Crippen molar-refractivity contribution in [2.24, 2.45) is 0 Å². The Kier molecular flexibility index (Phi) is 3.56. The second kappa shape index (κ2) is 4.93. The molecule has 0 saturated carbocycles. The molecule has 5 heteroatoms. The standard InChI is InChI=1S/C11H8Br2N2O/c1-7-2-10(13)11(15-4-7)16-9-3-8(12)5-14-6-9/h2-6H,1H3. The molecule has 0 N–H and O–H groups in total. The molecule has 0 spiro atoms. The summed E-state index contributed by atoms with van der Waals surface area (Å²) >= 11 is 6.73. The summed E-state index contributed by atoms with van der Waals surface area (Å²) < 4.78 is 7.29. The van der Waals surface area contributed by atoms with Gasteiger partial charge in [-0.1, -0.05) is 0 Å². The highest BCUT2D eigenvalue weighted by atomic mass is 79.9. The van der Waals surface area contributed by atoms with Crippen LogP contribution in [0.1, 0.15) is 5.56 Å². The average molecular weight is 344 g/mol. The van der Waals surface area contributed by atoms with Crippen LogP contribution in [0.25, 0.3) is 0 Å². The fourth-order valence-corrected chi connectivity index (χ4v) is 2.04. The molecule has 3 nitrogen and oxygen atoms in total. The van der Waals surface area contributed by atoms with Gasteiger partial charge in [0.2, 0.25) is 5.88 Å². The minimum absolute atomic E-state index is 0.533. The van der Waals surface area contributed by atoms with Gasteiger partial charge in [-0.15, -0.1) is 0 Å². The van der Waals surface area contributed by atoms with E-state index in [0.717, 1.165) is 14.5 Å². The summed E-state index contributed by atoms with van der Waals surface area (Å²) in [5.74, 6) is 1.18. The summed E-state index contributed by atoms with van der Waals surface area (Å²) in [6.07, 6.45) is 5.09. The molecule has 2 heterocycles. The maximum atomic E-state index is 5.59. The Bertz CT molecular complexity index is 517. The zero-order chi connectivity index (χ0) is 11.5. The predicted molar refractivity (Wildman–Crippen MR) is 68.7 cm³/mol. The maximum absolute atomic E-state index is 5.59. The number of pyridine rings is 2. The van der Waals surface area contributed by atoms with E-state index >= 15 is 0 Å². The minimum Gasteiger partial charge on any atom is -0.436 e. The Hall–Kier alpha value is -0.940. The van der Waals surface area contributed by atoms with Gasteiger partial charge in [0.1, 0.15) is 5.75 Å². The first-order valence-electron chi connectivity index (χ1n) is 4.56. The lowest BCUT2D eigenvalue weighted by Crippen LogP contribution is -1.90. The zero-order valence-electron chi connectivity index (χ0n) is 8.45. The van der Waals surface area contributed by atoms with E-state index in [-0.39, 0.29) is 0 Å². The highest BCUT2D eigenvalue weighted by Gasteiger charge is 2.05. The number of aromatic nitrogens is 2. The molecule has 0 unspecified atom stereocenters. The molecule has 0 aliphatic rings. The fraction of sp³-hybridized carbons (Fsp3) is 0.0909. The summed E-state index contributed by atoms with van der Waals surface area (Å²) in [7, 11) is 0. The van der Waals surface area contributed by atoms with Gasteiger partial charge in [-0.3, -0.25) is 4.98 Å². The van der Waals surface area contributed by atoms with Crippen LogP contribution < -0.4 is 4.74 Å². The molecule has 0 saturated heterocycles. The van der Waals surface area contributed by atoms with Gasteiger partial charge in [-0.05, 0) is 56.5 Å². The van der Waals surface area contributed by atoms with Crippen molar-refractivity contribution in [3.05, 3.63) is 45.2 Å². The Balaban J connectivity index is 2.27. The molecule has 0 aliphatic carbocycles. The first-order chi connectivity index (χ1) is 7.65. The number of rotatable bonds is 2. The van der Waals surface area contributed by atoms with Gasteiger partial charge in [0.05, 0.1) is 10.7 Å². The molecule has 2 rings (SSSR count). The van der Waals surface area contributed by atoms with Gasteiger partial charge in [-0.25, -0.2) is 4.98 Å². The molecular formula is C11H8Br2N2O. The van der Waals surface area contributed by atoms with Crippen LogP contribution >= 0.6 is 31.9 Å². The Morgan fingerprint density at radius 3 is 2.62 bits per heavy atom. The topological polar surface area (TPSA) is 35.0 Å². The van der Waals surface area contributed by atoms with E-state index in [4.69, 9.17) is 4.74 Å². The van der Waals surface area contributed by atoms with E-state index in [1.165, 1.54) is 0 Å². The highest BCUT2D eigenvalue weighted by molar-refractivity contribution is 9.10. The van der Waals surface area contributed by atoms with Crippen LogP contribution in [-0.4, -0.2) is 9.97 Å². The van der Waals surface area contributed by atoms with Crippen molar-refractivity contribution >= 4 is 31.9 Å². The lowest BCUT2D eigenvalue weighted by atomic mass is 10.3. The Labute approximate surface area is 110 Å². The Morgan fingerprint density at radius 1 is 1.12 bits per heavy atom. The van der Waals surface area contributed by atoms with Gasteiger partial charge in [0, 0.05) is 16.9 Å². The molecule has 0 radical (unpaired) electrons. The number of hydrogen-bond acceptors (Lipinski definition) is 3. The van der Waals surface area contributed by atoms with Crippen LogP contribution in [0.15, 0.2) is 39.7 Å². The van der Waals surface area contributed by atoms with Gasteiger partial charge in [0.25, 0.3) is 0 Å². The van der Waals surface area contributed by atoms with E-state index in [1.54, 1.807) is 18.6 Å².